The Morgan fingerprint density at radius 2 is 1.76 bits per heavy atom. The Labute approximate surface area is 392 Å². The van der Waals surface area contributed by atoms with Gasteiger partial charge in [0.1, 0.15) is 36.6 Å². The van der Waals surface area contributed by atoms with Crippen molar-refractivity contribution in [2.24, 2.45) is 22.9 Å². The molecule has 0 aromatic heterocycles. The van der Waals surface area contributed by atoms with Gasteiger partial charge in [-0.25, -0.2) is 9.18 Å². The van der Waals surface area contributed by atoms with Crippen molar-refractivity contribution in [1.29, 1.82) is 0 Å². The third-order valence-corrected chi connectivity index (χ3v) is 13.7. The van der Waals surface area contributed by atoms with Crippen LogP contribution in [0.4, 0.5) is 9.18 Å². The fourth-order valence-electron chi connectivity index (χ4n) is 10.6. The minimum absolute atomic E-state index is 0.0122. The van der Waals surface area contributed by atoms with E-state index in [0.717, 1.165) is 66.0 Å². The van der Waals surface area contributed by atoms with Crippen LogP contribution in [0.5, 0.6) is 11.5 Å². The quantitative estimate of drug-likeness (QED) is 0.0363. The largest absolute Gasteiger partial charge is 0.489 e. The van der Waals surface area contributed by atoms with Gasteiger partial charge in [-0.1, -0.05) is 90.8 Å². The third-order valence-electron chi connectivity index (χ3n) is 13.5. The van der Waals surface area contributed by atoms with Gasteiger partial charge in [-0.2, -0.15) is 0 Å². The molecule has 1 saturated heterocycles. The molecule has 0 bridgehead atoms. The zero-order valence-corrected chi connectivity index (χ0v) is 38.3. The Kier molecular flexibility index (Phi) is 16.3. The molecule has 11 nitrogen and oxygen atoms in total. The smallest absolute Gasteiger partial charge is 0.410 e. The lowest BCUT2D eigenvalue weighted by Crippen LogP contribution is -2.70. The van der Waals surface area contributed by atoms with Gasteiger partial charge in [0.15, 0.2) is 0 Å². The van der Waals surface area contributed by atoms with Crippen LogP contribution in [-0.2, 0) is 32.2 Å². The molecule has 1 saturated carbocycles. The standard InChI is InChI=1S/C53H62ClFN2O9/c1-2-28-64-53-48(57(52(60)62-30-25-54)34-38-18-13-17-36-14-3-5-19-41(36)38)33-46(56-66-49-22-9-12-29-61-49)43-31-37(15-7-10-26-58)42(20-8-11-27-59)50(51(43)53)44-32-40(23-24-47(44)65-53)63-35-39-16-4-6-21-45(39)55/h2-6,13-14,16-19,21,23-24,31-32,37,42,48-51,58-59H,1,7-12,15,20,22,25-30,33-35H2/t37-,42+,48-,49?,50+,51+,53+/m0/s1. The lowest BCUT2D eigenvalue weighted by atomic mass is 9.55. The topological polar surface area (TPSA) is 129 Å². The normalized spacial score (nSPS) is 25.0. The van der Waals surface area contributed by atoms with Crippen molar-refractivity contribution in [3.05, 3.63) is 132 Å². The summed E-state index contributed by atoms with van der Waals surface area (Å²) in [6.07, 6.45) is 10.0. The molecule has 13 heteroatoms. The lowest BCUT2D eigenvalue weighted by molar-refractivity contribution is -0.256. The molecule has 7 atom stereocenters. The average molecular weight is 926 g/mol. The number of aliphatic hydroxyl groups is 2. The SMILES string of the molecule is C=CCO[C@@]12Oc3ccc(OCc4ccccc4F)cc3[C@H]3[C@H](CCCCO)[C@@H](CCCCO)C=C(C(=NOC4CCCCO4)C[C@@H]1N(Cc1cccc4ccccc14)C(=O)OCCCl)[C@H]32. The second kappa shape index (κ2) is 22.7. The fourth-order valence-corrected chi connectivity index (χ4v) is 10.6. The number of benzene rings is 4. The number of aliphatic hydroxyl groups excluding tert-OH is 2. The van der Waals surface area contributed by atoms with E-state index in [9.17, 15) is 19.4 Å². The number of oxime groups is 1. The molecule has 0 spiro atoms. The molecule has 2 aliphatic carbocycles. The van der Waals surface area contributed by atoms with Gasteiger partial charge in [-0.15, -0.1) is 18.2 Å². The fraction of sp³-hybridized carbons (Fsp3) is 0.472. The van der Waals surface area contributed by atoms with E-state index >= 15 is 0 Å². The first kappa shape index (κ1) is 47.5. The molecular formula is C53H62ClFN2O9. The molecule has 2 fully saturated rings. The highest BCUT2D eigenvalue weighted by Gasteiger charge is 2.66. The summed E-state index contributed by atoms with van der Waals surface area (Å²) in [7, 11) is 0. The van der Waals surface area contributed by atoms with Crippen LogP contribution in [0.15, 0.2) is 114 Å². The predicted octanol–water partition coefficient (Wildman–Crippen LogP) is 10.6. The monoisotopic (exact) mass is 924 g/mol. The summed E-state index contributed by atoms with van der Waals surface area (Å²) in [6, 6.07) is 25.6. The molecule has 4 aromatic carbocycles. The number of rotatable bonds is 21. The number of halogens is 2. The van der Waals surface area contributed by atoms with Gasteiger partial charge in [0.25, 0.3) is 0 Å². The molecule has 0 radical (unpaired) electrons. The zero-order valence-electron chi connectivity index (χ0n) is 37.5. The molecule has 1 amide bonds. The molecule has 2 heterocycles. The number of hydrogen-bond acceptors (Lipinski definition) is 10. The number of carbonyl (C=O) groups excluding carboxylic acids is 1. The van der Waals surface area contributed by atoms with E-state index in [-0.39, 0.29) is 75.5 Å². The van der Waals surface area contributed by atoms with Crippen LogP contribution in [0.1, 0.15) is 86.8 Å². The van der Waals surface area contributed by atoms with Crippen LogP contribution in [0.3, 0.4) is 0 Å². The van der Waals surface area contributed by atoms with Gasteiger partial charge < -0.3 is 38.7 Å². The summed E-state index contributed by atoms with van der Waals surface area (Å²) in [5, 5.41) is 27.0. The third kappa shape index (κ3) is 10.4. The average Bonchev–Trinajstić information content (AvgIpc) is 3.34. The molecule has 4 aromatic rings. The molecule has 1 unspecified atom stereocenters. The Balaban J connectivity index is 1.34. The molecular weight excluding hydrogens is 863 g/mol. The zero-order chi connectivity index (χ0) is 45.9. The van der Waals surface area contributed by atoms with E-state index in [1.54, 1.807) is 29.2 Å². The number of allylic oxidation sites excluding steroid dienone is 1. The van der Waals surface area contributed by atoms with Gasteiger partial charge in [0.2, 0.25) is 12.1 Å². The van der Waals surface area contributed by atoms with Crippen LogP contribution >= 0.6 is 11.6 Å². The van der Waals surface area contributed by atoms with Crippen LogP contribution in [0, 0.1) is 23.6 Å². The number of hydrogen-bond donors (Lipinski definition) is 2. The first-order chi connectivity index (χ1) is 32.4. The number of unbranched alkanes of at least 4 members (excludes halogenated alkanes) is 2. The van der Waals surface area contributed by atoms with Gasteiger partial charge >= 0.3 is 6.09 Å². The first-order valence-electron chi connectivity index (χ1n) is 23.6. The molecule has 2 aliphatic heterocycles. The van der Waals surface area contributed by atoms with Gasteiger partial charge in [0.05, 0.1) is 37.3 Å². The molecule has 66 heavy (non-hydrogen) atoms. The number of amides is 1. The van der Waals surface area contributed by atoms with Crippen molar-refractivity contribution in [1.82, 2.24) is 4.90 Å². The molecule has 352 valence electrons. The predicted molar refractivity (Wildman–Crippen MR) is 252 cm³/mol. The Bertz CT molecular complexity index is 2330. The number of alkyl halides is 1. The maximum absolute atomic E-state index is 14.9. The Hall–Kier alpha value is -4.98. The van der Waals surface area contributed by atoms with Crippen molar-refractivity contribution >= 4 is 34.2 Å². The second-order valence-corrected chi connectivity index (χ2v) is 18.0. The number of carbonyl (C=O) groups is 1. The maximum Gasteiger partial charge on any atom is 0.410 e. The number of ether oxygens (including phenoxy) is 5. The van der Waals surface area contributed by atoms with E-state index in [4.69, 9.17) is 45.3 Å². The highest BCUT2D eigenvalue weighted by Crippen LogP contribution is 2.62. The van der Waals surface area contributed by atoms with E-state index in [1.807, 2.05) is 60.7 Å². The maximum atomic E-state index is 14.9. The summed E-state index contributed by atoms with van der Waals surface area (Å²) in [5.41, 5.74) is 3.77. The van der Waals surface area contributed by atoms with Gasteiger partial charge in [0, 0.05) is 43.1 Å². The highest BCUT2D eigenvalue weighted by molar-refractivity contribution is 6.18. The van der Waals surface area contributed by atoms with Crippen LogP contribution in [0.25, 0.3) is 10.8 Å². The molecule has 4 aliphatic rings. The van der Waals surface area contributed by atoms with Crippen molar-refractivity contribution in [2.75, 3.05) is 38.9 Å². The first-order valence-corrected chi connectivity index (χ1v) is 24.1. The van der Waals surface area contributed by atoms with E-state index in [1.165, 1.54) is 6.07 Å². The Morgan fingerprint density at radius 3 is 2.55 bits per heavy atom. The van der Waals surface area contributed by atoms with Crippen LogP contribution in [-0.4, -0.2) is 84.0 Å². The molecule has 8 rings (SSSR count). The minimum Gasteiger partial charge on any atom is -0.489 e. The van der Waals surface area contributed by atoms with Gasteiger partial charge in [-0.3, -0.25) is 4.90 Å². The van der Waals surface area contributed by atoms with Crippen molar-refractivity contribution in [3.63, 3.8) is 0 Å². The summed E-state index contributed by atoms with van der Waals surface area (Å²) < 4.78 is 47.8. The minimum atomic E-state index is -1.52. The molecule has 2 N–H and O–H groups in total. The number of nitrogens with zero attached hydrogens (tertiary/aromatic N) is 2. The van der Waals surface area contributed by atoms with E-state index < -0.39 is 30.1 Å². The van der Waals surface area contributed by atoms with Crippen molar-refractivity contribution in [2.45, 2.75) is 101 Å². The second-order valence-electron chi connectivity index (χ2n) is 17.6. The Morgan fingerprint density at radius 1 is 0.970 bits per heavy atom. The van der Waals surface area contributed by atoms with Crippen molar-refractivity contribution < 1.29 is 47.9 Å². The summed E-state index contributed by atoms with van der Waals surface area (Å²) in [5.74, 6) is -1.52. The highest BCUT2D eigenvalue weighted by atomic mass is 35.5. The van der Waals surface area contributed by atoms with Crippen molar-refractivity contribution in [3.8, 4) is 11.5 Å². The summed E-state index contributed by atoms with van der Waals surface area (Å²) in [6.45, 7) is 5.03. The van der Waals surface area contributed by atoms with Gasteiger partial charge in [-0.05, 0) is 96.5 Å². The lowest BCUT2D eigenvalue weighted by Gasteiger charge is -2.60. The summed E-state index contributed by atoms with van der Waals surface area (Å²) >= 11 is 6.18. The van der Waals surface area contributed by atoms with E-state index in [2.05, 4.69) is 12.7 Å². The number of fused-ring (bicyclic) bond motifs is 3. The van der Waals surface area contributed by atoms with Crippen LogP contribution < -0.4 is 9.47 Å². The summed E-state index contributed by atoms with van der Waals surface area (Å²) in [4.78, 5) is 22.9. The van der Waals surface area contributed by atoms with Crippen LogP contribution in [0.2, 0.25) is 0 Å². The van der Waals surface area contributed by atoms with E-state index in [0.29, 0.717) is 48.6 Å².